The molecule has 0 unspecified atom stereocenters. The molecule has 13 heavy (non-hydrogen) atoms. The van der Waals surface area contributed by atoms with Crippen molar-refractivity contribution < 1.29 is 4.39 Å². The van der Waals surface area contributed by atoms with E-state index in [0.717, 1.165) is 5.56 Å². The number of aromatic nitrogens is 2. The molecule has 0 aliphatic heterocycles. The Labute approximate surface area is 73.2 Å². The molecule has 1 aromatic heterocycles. The highest BCUT2D eigenvalue weighted by atomic mass is 19.1. The molecule has 1 aromatic carbocycles. The Hall–Kier alpha value is -1.71. The van der Waals surface area contributed by atoms with Crippen molar-refractivity contribution in [1.29, 1.82) is 0 Å². The summed E-state index contributed by atoms with van der Waals surface area (Å²) in [6.07, 6.45) is -0.841. The molecule has 2 rings (SSSR count). The van der Waals surface area contributed by atoms with Crippen molar-refractivity contribution in [3.63, 3.8) is 0 Å². The number of para-hydroxylation sites is 1. The van der Waals surface area contributed by atoms with Crippen LogP contribution in [0.3, 0.4) is 0 Å². The van der Waals surface area contributed by atoms with Crippen LogP contribution >= 0.6 is 0 Å². The molecule has 0 radical (unpaired) electrons. The Morgan fingerprint density at radius 1 is 1.46 bits per heavy atom. The molecule has 0 saturated heterocycles. The van der Waals surface area contributed by atoms with Crippen LogP contribution in [0.4, 0.5) is 4.39 Å². The van der Waals surface area contributed by atoms with Crippen LogP contribution in [0, 0.1) is 13.0 Å². The highest BCUT2D eigenvalue weighted by Gasteiger charge is 2.03. The van der Waals surface area contributed by atoms with Crippen LogP contribution in [-0.2, 0) is 0 Å². The first-order chi connectivity index (χ1) is 6.18. The summed E-state index contributed by atoms with van der Waals surface area (Å²) in [7, 11) is 0. The Morgan fingerprint density at radius 2 is 2.23 bits per heavy atom. The minimum Gasteiger partial charge on any atom is -0.282 e. The zero-order valence-corrected chi connectivity index (χ0v) is 6.97. The van der Waals surface area contributed by atoms with Crippen molar-refractivity contribution in [1.82, 2.24) is 9.97 Å². The number of aromatic amines is 1. The van der Waals surface area contributed by atoms with Crippen molar-refractivity contribution in [2.75, 3.05) is 0 Å². The maximum atomic E-state index is 12.7. The first kappa shape index (κ1) is 7.91. The minimum absolute atomic E-state index is 0.418. The van der Waals surface area contributed by atoms with E-state index in [1.807, 2.05) is 4.98 Å². The number of fused-ring (bicyclic) bond motifs is 1. The lowest BCUT2D eigenvalue weighted by Crippen LogP contribution is -2.10. The van der Waals surface area contributed by atoms with Gasteiger partial charge in [0.15, 0.2) is 0 Å². The second kappa shape index (κ2) is 2.65. The van der Waals surface area contributed by atoms with Crippen LogP contribution in [0.2, 0.25) is 0 Å². The molecule has 0 amide bonds. The third-order valence-electron chi connectivity index (χ3n) is 1.91. The molecule has 0 aliphatic rings. The van der Waals surface area contributed by atoms with Gasteiger partial charge in [-0.2, -0.15) is 4.39 Å². The summed E-state index contributed by atoms with van der Waals surface area (Å²) in [5.74, 6) is 0. The summed E-state index contributed by atoms with van der Waals surface area (Å²) in [4.78, 5) is 16.8. The van der Waals surface area contributed by atoms with E-state index in [2.05, 4.69) is 4.98 Å². The van der Waals surface area contributed by atoms with Crippen LogP contribution in [0.25, 0.3) is 10.9 Å². The van der Waals surface area contributed by atoms with E-state index < -0.39 is 11.6 Å². The first-order valence-electron chi connectivity index (χ1n) is 3.83. The number of rotatable bonds is 0. The van der Waals surface area contributed by atoms with E-state index in [1.54, 1.807) is 25.1 Å². The molecule has 0 saturated carbocycles. The monoisotopic (exact) mass is 178 g/mol. The van der Waals surface area contributed by atoms with Crippen molar-refractivity contribution in [2.45, 2.75) is 6.92 Å². The van der Waals surface area contributed by atoms with Gasteiger partial charge in [0, 0.05) is 0 Å². The Bertz CT molecular complexity index is 518. The number of nitrogens with one attached hydrogen (secondary N) is 1. The van der Waals surface area contributed by atoms with Gasteiger partial charge in [0.25, 0.3) is 11.6 Å². The zero-order chi connectivity index (χ0) is 9.42. The lowest BCUT2D eigenvalue weighted by molar-refractivity contribution is 0.540. The van der Waals surface area contributed by atoms with Crippen LogP contribution in [-0.4, -0.2) is 9.97 Å². The van der Waals surface area contributed by atoms with Gasteiger partial charge in [-0.15, -0.1) is 0 Å². The Kier molecular flexibility index (Phi) is 1.62. The number of benzene rings is 1. The first-order valence-corrected chi connectivity index (χ1v) is 3.83. The average molecular weight is 178 g/mol. The maximum Gasteiger partial charge on any atom is 0.289 e. The second-order valence-electron chi connectivity index (χ2n) is 2.83. The van der Waals surface area contributed by atoms with Gasteiger partial charge in [0.1, 0.15) is 0 Å². The SMILES string of the molecule is Cc1cccc2c(=O)[nH]c(F)nc12. The van der Waals surface area contributed by atoms with Crippen LogP contribution in [0.5, 0.6) is 0 Å². The van der Waals surface area contributed by atoms with E-state index >= 15 is 0 Å². The Balaban J connectivity index is 3.03. The predicted octanol–water partition coefficient (Wildman–Crippen LogP) is 1.37. The quantitative estimate of drug-likeness (QED) is 0.619. The predicted molar refractivity (Wildman–Crippen MR) is 47.1 cm³/mol. The molecule has 0 atom stereocenters. The summed E-state index contributed by atoms with van der Waals surface area (Å²) in [6.45, 7) is 1.79. The summed E-state index contributed by atoms with van der Waals surface area (Å²) < 4.78 is 12.7. The molecule has 0 bridgehead atoms. The molecule has 66 valence electrons. The van der Waals surface area contributed by atoms with Gasteiger partial charge in [0.2, 0.25) is 0 Å². The third-order valence-corrected chi connectivity index (χ3v) is 1.91. The van der Waals surface area contributed by atoms with Gasteiger partial charge in [-0.1, -0.05) is 12.1 Å². The molecule has 0 aliphatic carbocycles. The van der Waals surface area contributed by atoms with Gasteiger partial charge in [-0.3, -0.25) is 9.78 Å². The number of hydrogen-bond acceptors (Lipinski definition) is 2. The highest BCUT2D eigenvalue weighted by molar-refractivity contribution is 5.80. The molecule has 3 nitrogen and oxygen atoms in total. The largest absolute Gasteiger partial charge is 0.289 e. The number of halogens is 1. The van der Waals surface area contributed by atoms with Crippen LogP contribution < -0.4 is 5.56 Å². The van der Waals surface area contributed by atoms with Crippen LogP contribution in [0.15, 0.2) is 23.0 Å². The smallest absolute Gasteiger partial charge is 0.282 e. The van der Waals surface area contributed by atoms with E-state index in [-0.39, 0.29) is 0 Å². The maximum absolute atomic E-state index is 12.7. The summed E-state index contributed by atoms with van der Waals surface area (Å²) in [5.41, 5.74) is 0.775. The Morgan fingerprint density at radius 3 is 3.00 bits per heavy atom. The molecule has 0 fully saturated rings. The fourth-order valence-electron chi connectivity index (χ4n) is 1.28. The summed E-state index contributed by atoms with van der Waals surface area (Å²) >= 11 is 0. The zero-order valence-electron chi connectivity index (χ0n) is 6.97. The van der Waals surface area contributed by atoms with E-state index in [1.165, 1.54) is 0 Å². The van der Waals surface area contributed by atoms with E-state index in [0.29, 0.717) is 10.9 Å². The molecular formula is C9H7FN2O. The van der Waals surface area contributed by atoms with Gasteiger partial charge >= 0.3 is 0 Å². The van der Waals surface area contributed by atoms with Gasteiger partial charge < -0.3 is 0 Å². The highest BCUT2D eigenvalue weighted by Crippen LogP contribution is 2.10. The molecular weight excluding hydrogens is 171 g/mol. The van der Waals surface area contributed by atoms with Gasteiger partial charge in [-0.25, -0.2) is 4.98 Å². The fraction of sp³-hybridized carbons (Fsp3) is 0.111. The van der Waals surface area contributed by atoms with Crippen molar-refractivity contribution in [3.05, 3.63) is 40.2 Å². The summed E-state index contributed by atoms with van der Waals surface area (Å²) in [5, 5.41) is 0.418. The average Bonchev–Trinajstić information content (AvgIpc) is 2.07. The lowest BCUT2D eigenvalue weighted by Gasteiger charge is -1.98. The number of aryl methyl sites for hydroxylation is 1. The number of hydrogen-bond donors (Lipinski definition) is 1. The van der Waals surface area contributed by atoms with Gasteiger partial charge in [-0.05, 0) is 18.6 Å². The van der Waals surface area contributed by atoms with Crippen molar-refractivity contribution in [2.24, 2.45) is 0 Å². The number of nitrogens with zero attached hydrogens (tertiary/aromatic N) is 1. The van der Waals surface area contributed by atoms with Gasteiger partial charge in [0.05, 0.1) is 10.9 Å². The molecule has 4 heteroatoms. The topological polar surface area (TPSA) is 45.8 Å². The molecule has 0 spiro atoms. The summed E-state index contributed by atoms with van der Waals surface area (Å²) in [6, 6.07) is 5.15. The molecule has 2 aromatic rings. The number of H-pyrrole nitrogens is 1. The fourth-order valence-corrected chi connectivity index (χ4v) is 1.28. The second-order valence-corrected chi connectivity index (χ2v) is 2.83. The van der Waals surface area contributed by atoms with Crippen molar-refractivity contribution >= 4 is 10.9 Å². The normalized spacial score (nSPS) is 10.6. The van der Waals surface area contributed by atoms with E-state index in [9.17, 15) is 9.18 Å². The standard InChI is InChI=1S/C9H7FN2O/c1-5-3-2-4-6-7(5)11-9(10)12-8(6)13/h2-4H,1H3,(H,11,12,13). The van der Waals surface area contributed by atoms with E-state index in [4.69, 9.17) is 0 Å². The van der Waals surface area contributed by atoms with Crippen LogP contribution in [0.1, 0.15) is 5.56 Å². The molecule has 1 N–H and O–H groups in total. The lowest BCUT2D eigenvalue weighted by atomic mass is 10.1. The molecule has 1 heterocycles. The minimum atomic E-state index is -0.841. The third kappa shape index (κ3) is 1.20. The van der Waals surface area contributed by atoms with Crippen molar-refractivity contribution in [3.8, 4) is 0 Å².